The Morgan fingerprint density at radius 1 is 1.00 bits per heavy atom. The molecule has 2 saturated carbocycles. The number of aromatic nitrogens is 3. The number of nitrogens with zero attached hydrogens (tertiary/aromatic N) is 4. The second-order valence-corrected chi connectivity index (χ2v) is 12.9. The van der Waals surface area contributed by atoms with E-state index in [0.717, 1.165) is 63.7 Å². The number of nitrogens with one attached hydrogen (secondary N) is 2. The summed E-state index contributed by atoms with van der Waals surface area (Å²) in [7, 11) is 0. The van der Waals surface area contributed by atoms with Crippen LogP contribution in [0.4, 0.5) is 0 Å². The predicted molar refractivity (Wildman–Crippen MR) is 158 cm³/mol. The summed E-state index contributed by atoms with van der Waals surface area (Å²) in [5, 5.41) is 20.8. The molecule has 0 radical (unpaired) electrons. The third-order valence-electron chi connectivity index (χ3n) is 9.81. The van der Waals surface area contributed by atoms with Crippen LogP contribution in [0, 0.1) is 11.3 Å². The number of rotatable bonds is 10. The van der Waals surface area contributed by atoms with Crippen molar-refractivity contribution in [1.29, 1.82) is 0 Å². The van der Waals surface area contributed by atoms with Crippen LogP contribution in [0.2, 0.25) is 5.02 Å². The largest absolute Gasteiger partial charge is 0.387 e. The highest BCUT2D eigenvalue weighted by Crippen LogP contribution is 2.47. The molecule has 224 valence electrons. The van der Waals surface area contributed by atoms with Crippen LogP contribution in [0.15, 0.2) is 36.9 Å². The van der Waals surface area contributed by atoms with Crippen molar-refractivity contribution in [2.24, 2.45) is 11.3 Å². The first-order valence-electron chi connectivity index (χ1n) is 15.5. The van der Waals surface area contributed by atoms with Crippen LogP contribution in [-0.4, -0.2) is 74.4 Å². The Kier molecular flexibility index (Phi) is 10.3. The maximum atomic E-state index is 14.1. The zero-order valence-corrected chi connectivity index (χ0v) is 24.8. The van der Waals surface area contributed by atoms with Gasteiger partial charge in [-0.1, -0.05) is 43.0 Å². The highest BCUT2D eigenvalue weighted by atomic mass is 35.5. The molecule has 0 bridgehead atoms. The fourth-order valence-corrected chi connectivity index (χ4v) is 7.60. The number of carbonyl (C=O) groups is 2. The van der Waals surface area contributed by atoms with Crippen LogP contribution in [0.25, 0.3) is 0 Å². The van der Waals surface area contributed by atoms with Crippen molar-refractivity contribution in [2.45, 2.75) is 102 Å². The van der Waals surface area contributed by atoms with Crippen LogP contribution in [0.3, 0.4) is 0 Å². The van der Waals surface area contributed by atoms with E-state index in [1.165, 1.54) is 32.1 Å². The third kappa shape index (κ3) is 7.87. The van der Waals surface area contributed by atoms with Gasteiger partial charge in [0.05, 0.1) is 6.04 Å². The second kappa shape index (κ2) is 14.1. The number of amides is 2. The Morgan fingerprint density at radius 3 is 2.32 bits per heavy atom. The summed E-state index contributed by atoms with van der Waals surface area (Å²) in [6.45, 7) is 1.93. The average Bonchev–Trinajstić information content (AvgIpc) is 3.52. The molecule has 5 rings (SSSR count). The lowest BCUT2D eigenvalue weighted by Gasteiger charge is -2.48. The minimum absolute atomic E-state index is 0.0816. The SMILES string of the molecule is O=C(CO)NC1CCC(N[C@H](Cc2ccc(Cl)cc2)C(=O)N2CCC(Cn3cncn3)(C3CCCCC3)CC2)CC1. The zero-order valence-electron chi connectivity index (χ0n) is 24.0. The first-order valence-corrected chi connectivity index (χ1v) is 15.8. The first kappa shape index (κ1) is 30.0. The molecule has 10 heteroatoms. The molecule has 1 saturated heterocycles. The Morgan fingerprint density at radius 2 is 1.68 bits per heavy atom. The number of piperidine rings is 1. The number of hydrogen-bond acceptors (Lipinski definition) is 6. The van der Waals surface area contributed by atoms with Crippen molar-refractivity contribution < 1.29 is 14.7 Å². The molecule has 3 aliphatic rings. The number of aliphatic hydroxyl groups is 1. The lowest BCUT2D eigenvalue weighted by atomic mass is 9.63. The van der Waals surface area contributed by atoms with E-state index in [0.29, 0.717) is 17.4 Å². The van der Waals surface area contributed by atoms with E-state index in [1.54, 1.807) is 6.33 Å². The maximum absolute atomic E-state index is 14.1. The van der Waals surface area contributed by atoms with E-state index in [1.807, 2.05) is 35.3 Å². The van der Waals surface area contributed by atoms with Crippen LogP contribution >= 0.6 is 11.6 Å². The quantitative estimate of drug-likeness (QED) is 0.392. The molecular formula is C31H45ClN6O3. The van der Waals surface area contributed by atoms with Gasteiger partial charge in [0, 0.05) is 36.7 Å². The Labute approximate surface area is 248 Å². The van der Waals surface area contributed by atoms with Gasteiger partial charge in [0.25, 0.3) is 0 Å². The number of likely N-dealkylation sites (tertiary alicyclic amines) is 1. The van der Waals surface area contributed by atoms with Crippen molar-refractivity contribution in [1.82, 2.24) is 30.3 Å². The molecule has 1 aliphatic heterocycles. The summed E-state index contributed by atoms with van der Waals surface area (Å²) in [6.07, 6.45) is 15.9. The molecule has 2 aliphatic carbocycles. The van der Waals surface area contributed by atoms with Crippen LogP contribution in [-0.2, 0) is 22.6 Å². The van der Waals surface area contributed by atoms with Gasteiger partial charge >= 0.3 is 0 Å². The maximum Gasteiger partial charge on any atom is 0.245 e. The second-order valence-electron chi connectivity index (χ2n) is 12.4. The zero-order chi connectivity index (χ0) is 28.7. The van der Waals surface area contributed by atoms with E-state index >= 15 is 0 Å². The average molecular weight is 585 g/mol. The summed E-state index contributed by atoms with van der Waals surface area (Å²) < 4.78 is 2.00. The Balaban J connectivity index is 1.25. The monoisotopic (exact) mass is 584 g/mol. The van der Waals surface area contributed by atoms with Crippen LogP contribution < -0.4 is 10.6 Å². The smallest absolute Gasteiger partial charge is 0.245 e. The summed E-state index contributed by atoms with van der Waals surface area (Å²) in [4.78, 5) is 32.0. The van der Waals surface area contributed by atoms with Crippen molar-refractivity contribution in [3.8, 4) is 0 Å². The van der Waals surface area contributed by atoms with Crippen molar-refractivity contribution in [3.05, 3.63) is 47.5 Å². The highest BCUT2D eigenvalue weighted by molar-refractivity contribution is 6.30. The molecule has 2 heterocycles. The van der Waals surface area contributed by atoms with E-state index in [2.05, 4.69) is 25.6 Å². The number of hydrogen-bond donors (Lipinski definition) is 3. The summed E-state index contributed by atoms with van der Waals surface area (Å²) in [6, 6.07) is 7.76. The molecule has 9 nitrogen and oxygen atoms in total. The fraction of sp³-hybridized carbons (Fsp3) is 0.677. The summed E-state index contributed by atoms with van der Waals surface area (Å²) in [5.41, 5.74) is 1.24. The highest BCUT2D eigenvalue weighted by Gasteiger charge is 2.44. The van der Waals surface area contributed by atoms with Gasteiger partial charge in [-0.2, -0.15) is 5.10 Å². The Hall–Kier alpha value is -2.49. The minimum Gasteiger partial charge on any atom is -0.387 e. The molecule has 1 aromatic carbocycles. The molecule has 2 amide bonds. The van der Waals surface area contributed by atoms with Crippen molar-refractivity contribution in [3.63, 3.8) is 0 Å². The number of carbonyl (C=O) groups excluding carboxylic acids is 2. The molecule has 1 aromatic heterocycles. The minimum atomic E-state index is -0.480. The van der Waals surface area contributed by atoms with Gasteiger partial charge in [-0.25, -0.2) is 4.98 Å². The van der Waals surface area contributed by atoms with E-state index in [9.17, 15) is 9.59 Å². The molecule has 0 unspecified atom stereocenters. The van der Waals surface area contributed by atoms with Gasteiger partial charge in [-0.05, 0) is 86.8 Å². The molecule has 3 fully saturated rings. The molecule has 1 atom stereocenters. The first-order chi connectivity index (χ1) is 19.9. The van der Waals surface area contributed by atoms with Gasteiger partial charge < -0.3 is 20.6 Å². The van der Waals surface area contributed by atoms with Gasteiger partial charge in [-0.3, -0.25) is 14.3 Å². The number of aliphatic hydroxyl groups excluding tert-OH is 1. The van der Waals surface area contributed by atoms with E-state index < -0.39 is 6.61 Å². The van der Waals surface area contributed by atoms with E-state index in [-0.39, 0.29) is 35.4 Å². The molecule has 41 heavy (non-hydrogen) atoms. The topological polar surface area (TPSA) is 112 Å². The van der Waals surface area contributed by atoms with Gasteiger partial charge in [0.2, 0.25) is 11.8 Å². The van der Waals surface area contributed by atoms with Gasteiger partial charge in [0.15, 0.2) is 0 Å². The summed E-state index contributed by atoms with van der Waals surface area (Å²) >= 11 is 6.14. The van der Waals surface area contributed by atoms with Crippen LogP contribution in [0.5, 0.6) is 0 Å². The Bertz CT molecular complexity index is 1110. The summed E-state index contributed by atoms with van der Waals surface area (Å²) in [5.74, 6) is 0.520. The lowest BCUT2D eigenvalue weighted by Crippen LogP contribution is -2.56. The molecule has 3 N–H and O–H groups in total. The van der Waals surface area contributed by atoms with Gasteiger partial charge in [0.1, 0.15) is 19.3 Å². The standard InChI is InChI=1S/C31H45ClN6O3/c32-25-8-6-23(7-9-25)18-28(35-26-10-12-27(13-11-26)36-29(40)19-39)30(41)37-16-14-31(15-17-37,20-38-22-33-21-34-38)24-4-2-1-3-5-24/h6-9,21-22,24,26-28,35,39H,1-5,10-20H2,(H,36,40)/t26?,27?,28-/m1/s1. The normalized spacial score (nSPS) is 24.1. The number of benzene rings is 1. The number of halogens is 1. The van der Waals surface area contributed by atoms with Crippen molar-refractivity contribution in [2.75, 3.05) is 19.7 Å². The van der Waals surface area contributed by atoms with Gasteiger partial charge in [-0.15, -0.1) is 0 Å². The molecule has 0 spiro atoms. The molecular weight excluding hydrogens is 540 g/mol. The van der Waals surface area contributed by atoms with E-state index in [4.69, 9.17) is 16.7 Å². The third-order valence-corrected chi connectivity index (χ3v) is 10.1. The van der Waals surface area contributed by atoms with Crippen molar-refractivity contribution >= 4 is 23.4 Å². The predicted octanol–water partition coefficient (Wildman–Crippen LogP) is 3.74. The lowest BCUT2D eigenvalue weighted by molar-refractivity contribution is -0.137. The fourth-order valence-electron chi connectivity index (χ4n) is 7.48. The molecule has 2 aromatic rings. The van der Waals surface area contributed by atoms with Crippen LogP contribution in [0.1, 0.15) is 76.2 Å².